The van der Waals surface area contributed by atoms with Gasteiger partial charge in [-0.05, 0) is 19.9 Å². The topological polar surface area (TPSA) is 62.4 Å². The lowest BCUT2D eigenvalue weighted by atomic mass is 10.2. The molecule has 0 spiro atoms. The number of alkyl halides is 3. The maximum atomic E-state index is 12.6. The number of rotatable bonds is 4. The average molecular weight is 263 g/mol. The lowest BCUT2D eigenvalue weighted by molar-refractivity contribution is -0.141. The molecule has 0 radical (unpaired) electrons. The van der Waals surface area contributed by atoms with Crippen molar-refractivity contribution in [3.05, 3.63) is 18.0 Å². The van der Waals surface area contributed by atoms with Crippen LogP contribution in [0.4, 0.5) is 24.5 Å². The van der Waals surface area contributed by atoms with Gasteiger partial charge in [-0.15, -0.1) is 0 Å². The Bertz CT molecular complexity index is 407. The third-order valence-electron chi connectivity index (χ3n) is 2.48. The molecule has 0 atom stereocenters. The van der Waals surface area contributed by atoms with Crippen molar-refractivity contribution in [2.75, 3.05) is 23.8 Å². The number of halogens is 3. The zero-order chi connectivity index (χ0) is 13.9. The van der Waals surface area contributed by atoms with E-state index in [-0.39, 0.29) is 30.6 Å². The van der Waals surface area contributed by atoms with E-state index in [0.717, 1.165) is 12.3 Å². The highest BCUT2D eigenvalue weighted by Crippen LogP contribution is 2.33. The van der Waals surface area contributed by atoms with Crippen LogP contribution in [0.15, 0.2) is 12.3 Å². The molecule has 0 aliphatic rings. The summed E-state index contributed by atoms with van der Waals surface area (Å²) >= 11 is 0. The fourth-order valence-corrected chi connectivity index (χ4v) is 1.62. The first kappa shape index (κ1) is 14.6. The van der Waals surface area contributed by atoms with E-state index in [1.54, 1.807) is 4.90 Å². The molecule has 7 heteroatoms. The van der Waals surface area contributed by atoms with Crippen LogP contribution in [0.1, 0.15) is 19.5 Å². The Morgan fingerprint density at radius 3 is 2.50 bits per heavy atom. The fourth-order valence-electron chi connectivity index (χ4n) is 1.62. The molecule has 4 nitrogen and oxygen atoms in total. The van der Waals surface area contributed by atoms with Gasteiger partial charge < -0.3 is 15.7 Å². The van der Waals surface area contributed by atoms with Gasteiger partial charge >= 0.3 is 6.18 Å². The number of nitrogen functional groups attached to an aromatic ring is 1. The Labute approximate surface area is 103 Å². The van der Waals surface area contributed by atoms with Gasteiger partial charge in [-0.2, -0.15) is 13.2 Å². The van der Waals surface area contributed by atoms with Crippen LogP contribution in [0.2, 0.25) is 0 Å². The van der Waals surface area contributed by atoms with Crippen molar-refractivity contribution in [1.82, 2.24) is 4.98 Å². The molecule has 1 rings (SSSR count). The summed E-state index contributed by atoms with van der Waals surface area (Å²) in [6, 6.07) is 0.827. The molecule has 1 aromatic heterocycles. The molecular formula is C11H16F3N3O. The summed E-state index contributed by atoms with van der Waals surface area (Å²) in [5.74, 6) is 0. The zero-order valence-electron chi connectivity index (χ0n) is 10.2. The molecule has 18 heavy (non-hydrogen) atoms. The molecule has 1 heterocycles. The minimum absolute atomic E-state index is 0.0806. The number of anilines is 2. The summed E-state index contributed by atoms with van der Waals surface area (Å²) in [5.41, 5.74) is 5.05. The largest absolute Gasteiger partial charge is 0.433 e. The highest BCUT2D eigenvalue weighted by Gasteiger charge is 2.33. The quantitative estimate of drug-likeness (QED) is 0.870. The number of nitrogens with zero attached hydrogens (tertiary/aromatic N) is 2. The van der Waals surface area contributed by atoms with E-state index in [0.29, 0.717) is 0 Å². The van der Waals surface area contributed by atoms with E-state index in [4.69, 9.17) is 10.8 Å². The third-order valence-corrected chi connectivity index (χ3v) is 2.48. The van der Waals surface area contributed by atoms with E-state index >= 15 is 0 Å². The number of pyridine rings is 1. The number of aliphatic hydroxyl groups excluding tert-OH is 1. The molecule has 0 amide bonds. The van der Waals surface area contributed by atoms with Gasteiger partial charge in [0.1, 0.15) is 5.69 Å². The van der Waals surface area contributed by atoms with Crippen molar-refractivity contribution in [2.45, 2.75) is 26.1 Å². The molecule has 0 bridgehead atoms. The number of hydrogen-bond acceptors (Lipinski definition) is 4. The molecule has 3 N–H and O–H groups in total. The van der Waals surface area contributed by atoms with Crippen LogP contribution in [0.3, 0.4) is 0 Å². The monoisotopic (exact) mass is 263 g/mol. The molecule has 102 valence electrons. The Hall–Kier alpha value is -1.50. The lowest BCUT2D eigenvalue weighted by Crippen LogP contribution is -2.34. The first-order valence-corrected chi connectivity index (χ1v) is 5.47. The van der Waals surface area contributed by atoms with Crippen LogP contribution >= 0.6 is 0 Å². The van der Waals surface area contributed by atoms with Crippen LogP contribution in [0.5, 0.6) is 0 Å². The second-order valence-corrected chi connectivity index (χ2v) is 4.14. The summed E-state index contributed by atoms with van der Waals surface area (Å²) in [5, 5.41) is 8.95. The smallest absolute Gasteiger partial charge is 0.396 e. The summed E-state index contributed by atoms with van der Waals surface area (Å²) in [6.45, 7) is 3.66. The van der Waals surface area contributed by atoms with Crippen molar-refractivity contribution in [2.24, 2.45) is 0 Å². The predicted octanol–water partition coefficient (Wildman–Crippen LogP) is 1.89. The fraction of sp³-hybridized carbons (Fsp3) is 0.545. The van der Waals surface area contributed by atoms with Gasteiger partial charge in [-0.1, -0.05) is 0 Å². The maximum Gasteiger partial charge on any atom is 0.433 e. The third kappa shape index (κ3) is 3.25. The van der Waals surface area contributed by atoms with Crippen LogP contribution in [0.25, 0.3) is 0 Å². The Morgan fingerprint density at radius 2 is 2.06 bits per heavy atom. The second-order valence-electron chi connectivity index (χ2n) is 4.14. The highest BCUT2D eigenvalue weighted by molar-refractivity contribution is 5.67. The minimum atomic E-state index is -4.51. The van der Waals surface area contributed by atoms with E-state index in [9.17, 15) is 13.2 Å². The van der Waals surface area contributed by atoms with Gasteiger partial charge in [-0.3, -0.25) is 0 Å². The van der Waals surface area contributed by atoms with Crippen molar-refractivity contribution < 1.29 is 18.3 Å². The zero-order valence-corrected chi connectivity index (χ0v) is 10.2. The summed E-state index contributed by atoms with van der Waals surface area (Å²) in [7, 11) is 0. The van der Waals surface area contributed by atoms with E-state index in [1.165, 1.54) is 0 Å². The van der Waals surface area contributed by atoms with Crippen molar-refractivity contribution in [1.29, 1.82) is 0 Å². The molecule has 0 fully saturated rings. The molecule has 0 saturated carbocycles. The highest BCUT2D eigenvalue weighted by atomic mass is 19.4. The van der Waals surface area contributed by atoms with Crippen molar-refractivity contribution >= 4 is 11.4 Å². The second kappa shape index (κ2) is 5.43. The Morgan fingerprint density at radius 1 is 1.44 bits per heavy atom. The SMILES string of the molecule is CC(C)N(CCO)c1cc(C(F)(F)F)ncc1N. The molecule has 0 unspecified atom stereocenters. The predicted molar refractivity (Wildman–Crippen MR) is 63.2 cm³/mol. The lowest BCUT2D eigenvalue weighted by Gasteiger charge is -2.29. The summed E-state index contributed by atoms with van der Waals surface area (Å²) in [4.78, 5) is 4.88. The van der Waals surface area contributed by atoms with Crippen LogP contribution < -0.4 is 10.6 Å². The summed E-state index contributed by atoms with van der Waals surface area (Å²) in [6.07, 6.45) is -3.52. The minimum Gasteiger partial charge on any atom is -0.396 e. The molecule has 1 aromatic rings. The number of aromatic nitrogens is 1. The number of nitrogens with two attached hydrogens (primary N) is 1. The number of hydrogen-bond donors (Lipinski definition) is 2. The van der Waals surface area contributed by atoms with Gasteiger partial charge in [-0.25, -0.2) is 4.98 Å². The van der Waals surface area contributed by atoms with Gasteiger partial charge in [0.25, 0.3) is 0 Å². The van der Waals surface area contributed by atoms with Crippen LogP contribution in [-0.2, 0) is 6.18 Å². The molecule has 0 aliphatic carbocycles. The average Bonchev–Trinajstić information content (AvgIpc) is 2.25. The molecule has 0 aliphatic heterocycles. The Balaban J connectivity index is 3.20. The van der Waals surface area contributed by atoms with Crippen LogP contribution in [-0.4, -0.2) is 29.3 Å². The summed E-state index contributed by atoms with van der Waals surface area (Å²) < 4.78 is 37.7. The van der Waals surface area contributed by atoms with Gasteiger partial charge in [0, 0.05) is 12.6 Å². The normalized spacial score (nSPS) is 11.9. The van der Waals surface area contributed by atoms with E-state index in [2.05, 4.69) is 4.98 Å². The molecular weight excluding hydrogens is 247 g/mol. The molecule has 0 aromatic carbocycles. The first-order valence-electron chi connectivity index (χ1n) is 5.47. The number of aliphatic hydroxyl groups is 1. The Kier molecular flexibility index (Phi) is 4.39. The van der Waals surface area contributed by atoms with Gasteiger partial charge in [0.2, 0.25) is 0 Å². The van der Waals surface area contributed by atoms with Crippen LogP contribution in [0, 0.1) is 0 Å². The van der Waals surface area contributed by atoms with Gasteiger partial charge in [0.05, 0.1) is 24.2 Å². The van der Waals surface area contributed by atoms with E-state index < -0.39 is 11.9 Å². The molecule has 0 saturated heterocycles. The van der Waals surface area contributed by atoms with Gasteiger partial charge in [0.15, 0.2) is 0 Å². The standard InChI is InChI=1S/C11H16F3N3O/c1-7(2)17(3-4-18)9-5-10(11(12,13)14)16-6-8(9)15/h5-7,18H,3-4,15H2,1-2H3. The first-order chi connectivity index (χ1) is 8.27. The van der Waals surface area contributed by atoms with Crippen molar-refractivity contribution in [3.8, 4) is 0 Å². The van der Waals surface area contributed by atoms with Crippen molar-refractivity contribution in [3.63, 3.8) is 0 Å². The maximum absolute atomic E-state index is 12.6. The van der Waals surface area contributed by atoms with E-state index in [1.807, 2.05) is 13.8 Å².